The molecule has 5 heteroatoms. The molecule has 1 rings (SSSR count). The second-order valence-electron chi connectivity index (χ2n) is 4.37. The van der Waals surface area contributed by atoms with Crippen molar-refractivity contribution in [1.82, 2.24) is 9.97 Å². The van der Waals surface area contributed by atoms with Crippen molar-refractivity contribution in [2.45, 2.75) is 38.7 Å². The summed E-state index contributed by atoms with van der Waals surface area (Å²) >= 11 is 5.93. The minimum Gasteiger partial charge on any atom is -0.475 e. The maximum Gasteiger partial charge on any atom is 0.218 e. The molecule has 17 heavy (non-hydrogen) atoms. The highest BCUT2D eigenvalue weighted by atomic mass is 35.5. The number of anilines is 1. The van der Waals surface area contributed by atoms with Crippen LogP contribution in [0, 0.1) is 0 Å². The zero-order valence-corrected chi connectivity index (χ0v) is 11.6. The second-order valence-corrected chi connectivity index (χ2v) is 5.12. The fraction of sp³-hybridized carbons (Fsp3) is 0.667. The van der Waals surface area contributed by atoms with Crippen molar-refractivity contribution in [3.8, 4) is 5.88 Å². The molecule has 0 saturated carbocycles. The molecule has 1 aromatic heterocycles. The van der Waals surface area contributed by atoms with E-state index in [1.807, 2.05) is 38.8 Å². The van der Waals surface area contributed by atoms with E-state index in [1.165, 1.54) is 6.33 Å². The standard InChI is InChI=1S/C12H20ClN3O/c1-9(2)17-12-7-11(14-8-15-12)16(4)6-5-10(3)13/h7-10H,5-6H2,1-4H3. The summed E-state index contributed by atoms with van der Waals surface area (Å²) in [6.45, 7) is 6.80. The average Bonchev–Trinajstić information content (AvgIpc) is 2.25. The van der Waals surface area contributed by atoms with Crippen LogP contribution in [0.15, 0.2) is 12.4 Å². The molecule has 0 bridgehead atoms. The van der Waals surface area contributed by atoms with Crippen LogP contribution < -0.4 is 9.64 Å². The molecule has 0 fully saturated rings. The van der Waals surface area contributed by atoms with E-state index in [4.69, 9.17) is 16.3 Å². The van der Waals surface area contributed by atoms with Gasteiger partial charge in [-0.15, -0.1) is 11.6 Å². The molecule has 0 aliphatic carbocycles. The number of aromatic nitrogens is 2. The van der Waals surface area contributed by atoms with Crippen LogP contribution in [-0.4, -0.2) is 35.0 Å². The monoisotopic (exact) mass is 257 g/mol. The van der Waals surface area contributed by atoms with E-state index >= 15 is 0 Å². The molecule has 0 saturated heterocycles. The van der Waals surface area contributed by atoms with Gasteiger partial charge in [-0.05, 0) is 27.2 Å². The van der Waals surface area contributed by atoms with Gasteiger partial charge in [-0.1, -0.05) is 0 Å². The normalized spacial score (nSPS) is 12.6. The fourth-order valence-electron chi connectivity index (χ4n) is 1.33. The lowest BCUT2D eigenvalue weighted by molar-refractivity contribution is 0.232. The van der Waals surface area contributed by atoms with Gasteiger partial charge in [-0.3, -0.25) is 0 Å². The third-order valence-electron chi connectivity index (χ3n) is 2.24. The van der Waals surface area contributed by atoms with Crippen molar-refractivity contribution in [1.29, 1.82) is 0 Å². The largest absolute Gasteiger partial charge is 0.475 e. The van der Waals surface area contributed by atoms with Crippen LogP contribution >= 0.6 is 11.6 Å². The van der Waals surface area contributed by atoms with Crippen molar-refractivity contribution >= 4 is 17.4 Å². The second kappa shape index (κ2) is 6.64. The topological polar surface area (TPSA) is 38.2 Å². The number of hydrogen-bond acceptors (Lipinski definition) is 4. The van der Waals surface area contributed by atoms with Gasteiger partial charge in [0.05, 0.1) is 6.10 Å². The van der Waals surface area contributed by atoms with Crippen LogP contribution in [0.2, 0.25) is 0 Å². The molecule has 1 heterocycles. The first kappa shape index (κ1) is 14.0. The Balaban J connectivity index is 2.63. The first-order valence-corrected chi connectivity index (χ1v) is 6.26. The maximum absolute atomic E-state index is 5.93. The van der Waals surface area contributed by atoms with Crippen LogP contribution in [-0.2, 0) is 0 Å². The van der Waals surface area contributed by atoms with E-state index in [0.29, 0.717) is 5.88 Å². The van der Waals surface area contributed by atoms with Crippen molar-refractivity contribution in [2.24, 2.45) is 0 Å². The van der Waals surface area contributed by atoms with Gasteiger partial charge in [-0.25, -0.2) is 9.97 Å². The van der Waals surface area contributed by atoms with Crippen LogP contribution in [0.4, 0.5) is 5.82 Å². The zero-order chi connectivity index (χ0) is 12.8. The van der Waals surface area contributed by atoms with Crippen LogP contribution in [0.3, 0.4) is 0 Å². The molecule has 96 valence electrons. The summed E-state index contributed by atoms with van der Waals surface area (Å²) in [5.41, 5.74) is 0. The Morgan fingerprint density at radius 1 is 1.35 bits per heavy atom. The van der Waals surface area contributed by atoms with Crippen molar-refractivity contribution in [2.75, 3.05) is 18.5 Å². The van der Waals surface area contributed by atoms with Gasteiger partial charge in [-0.2, -0.15) is 0 Å². The molecule has 0 N–H and O–H groups in total. The third-order valence-corrected chi connectivity index (χ3v) is 2.46. The van der Waals surface area contributed by atoms with Gasteiger partial charge in [0.25, 0.3) is 0 Å². The molecule has 0 aromatic carbocycles. The number of halogens is 1. The summed E-state index contributed by atoms with van der Waals surface area (Å²) in [5.74, 6) is 1.46. The van der Waals surface area contributed by atoms with Crippen molar-refractivity contribution in [3.05, 3.63) is 12.4 Å². The van der Waals surface area contributed by atoms with E-state index < -0.39 is 0 Å². The number of hydrogen-bond donors (Lipinski definition) is 0. The highest BCUT2D eigenvalue weighted by molar-refractivity contribution is 6.20. The number of alkyl halides is 1. The molecule has 4 nitrogen and oxygen atoms in total. The van der Waals surface area contributed by atoms with Gasteiger partial charge in [0.1, 0.15) is 12.1 Å². The summed E-state index contributed by atoms with van der Waals surface area (Å²) in [4.78, 5) is 10.3. The van der Waals surface area contributed by atoms with Crippen LogP contribution in [0.5, 0.6) is 5.88 Å². The minimum atomic E-state index is 0.117. The third kappa shape index (κ3) is 5.22. The van der Waals surface area contributed by atoms with Gasteiger partial charge < -0.3 is 9.64 Å². The predicted molar refractivity (Wildman–Crippen MR) is 71.0 cm³/mol. The number of ether oxygens (including phenoxy) is 1. The van der Waals surface area contributed by atoms with Gasteiger partial charge in [0.15, 0.2) is 0 Å². The summed E-state index contributed by atoms with van der Waals surface area (Å²) < 4.78 is 5.53. The lowest BCUT2D eigenvalue weighted by atomic mass is 10.3. The van der Waals surface area contributed by atoms with Gasteiger partial charge >= 0.3 is 0 Å². The molecule has 0 radical (unpaired) electrons. The summed E-state index contributed by atoms with van der Waals surface area (Å²) in [6, 6.07) is 1.85. The smallest absolute Gasteiger partial charge is 0.218 e. The molecule has 0 amide bonds. The van der Waals surface area contributed by atoms with Crippen molar-refractivity contribution in [3.63, 3.8) is 0 Å². The van der Waals surface area contributed by atoms with E-state index in [1.54, 1.807) is 0 Å². The SMILES string of the molecule is CC(Cl)CCN(C)c1cc(OC(C)C)ncn1. The first-order valence-electron chi connectivity index (χ1n) is 5.83. The molecule has 1 aromatic rings. The Hall–Kier alpha value is -1.03. The highest BCUT2D eigenvalue weighted by Crippen LogP contribution is 2.16. The van der Waals surface area contributed by atoms with E-state index in [9.17, 15) is 0 Å². The zero-order valence-electron chi connectivity index (χ0n) is 10.9. The minimum absolute atomic E-state index is 0.117. The van der Waals surface area contributed by atoms with E-state index in [-0.39, 0.29) is 11.5 Å². The highest BCUT2D eigenvalue weighted by Gasteiger charge is 2.07. The molecule has 0 aliphatic rings. The van der Waals surface area contributed by atoms with Gasteiger partial charge in [0, 0.05) is 25.0 Å². The van der Waals surface area contributed by atoms with E-state index in [0.717, 1.165) is 18.8 Å². The molecule has 0 spiro atoms. The maximum atomic E-state index is 5.93. The van der Waals surface area contributed by atoms with Crippen LogP contribution in [0.1, 0.15) is 27.2 Å². The molecule has 1 atom stereocenters. The predicted octanol–water partition coefficient (Wildman–Crippen LogP) is 2.72. The molecular weight excluding hydrogens is 238 g/mol. The summed E-state index contributed by atoms with van der Waals surface area (Å²) in [7, 11) is 1.99. The Labute approximate surface area is 108 Å². The lowest BCUT2D eigenvalue weighted by Gasteiger charge is -2.19. The summed E-state index contributed by atoms with van der Waals surface area (Å²) in [6.07, 6.45) is 2.56. The van der Waals surface area contributed by atoms with Gasteiger partial charge in [0.2, 0.25) is 5.88 Å². The number of nitrogens with zero attached hydrogens (tertiary/aromatic N) is 3. The Morgan fingerprint density at radius 2 is 2.06 bits per heavy atom. The van der Waals surface area contributed by atoms with Crippen molar-refractivity contribution < 1.29 is 4.74 Å². The first-order chi connectivity index (χ1) is 7.99. The Kier molecular flexibility index (Phi) is 5.48. The average molecular weight is 258 g/mol. The molecule has 0 aliphatic heterocycles. The Morgan fingerprint density at radius 3 is 2.65 bits per heavy atom. The molecular formula is C12H20ClN3O. The number of rotatable bonds is 6. The fourth-order valence-corrected chi connectivity index (χ4v) is 1.43. The lowest BCUT2D eigenvalue weighted by Crippen LogP contribution is -2.21. The quantitative estimate of drug-likeness (QED) is 0.735. The van der Waals surface area contributed by atoms with E-state index in [2.05, 4.69) is 9.97 Å². The summed E-state index contributed by atoms with van der Waals surface area (Å²) in [5, 5.41) is 0.172. The molecule has 1 unspecified atom stereocenters. The Bertz CT molecular complexity index is 344. The van der Waals surface area contributed by atoms with Crippen LogP contribution in [0.25, 0.3) is 0 Å².